The molecule has 1 atom stereocenters. The number of hydrogen-bond donors (Lipinski definition) is 0. The smallest absolute Gasteiger partial charge is 0.342 e. The predicted molar refractivity (Wildman–Crippen MR) is 164 cm³/mol. The fraction of sp³-hybridized carbons (Fsp3) is 0.545. The van der Waals surface area contributed by atoms with E-state index in [1.165, 1.54) is 0 Å². The maximum Gasteiger partial charge on any atom is 0.342 e. The molecule has 0 saturated heterocycles. The van der Waals surface area contributed by atoms with E-state index in [1.807, 2.05) is 45.0 Å². The Morgan fingerprint density at radius 1 is 1.15 bits per heavy atom. The largest absolute Gasteiger partial charge is 0.463 e. The molecule has 1 aliphatic heterocycles. The van der Waals surface area contributed by atoms with E-state index in [4.69, 9.17) is 23.4 Å². The average Bonchev–Trinajstić information content (AvgIpc) is 2.86. The molecule has 0 radical (unpaired) electrons. The molecule has 0 aliphatic carbocycles. The van der Waals surface area contributed by atoms with E-state index in [9.17, 15) is 4.79 Å². The quantitative estimate of drug-likeness (QED) is 0.144. The number of benzene rings is 2. The minimum Gasteiger partial charge on any atom is -0.463 e. The normalized spacial score (nSPS) is 15.5. The summed E-state index contributed by atoms with van der Waals surface area (Å²) in [6.07, 6.45) is 5.32. The van der Waals surface area contributed by atoms with Gasteiger partial charge in [0.1, 0.15) is 28.9 Å². The van der Waals surface area contributed by atoms with Gasteiger partial charge in [-0.1, -0.05) is 65.3 Å². The lowest BCUT2D eigenvalue weighted by Crippen LogP contribution is -2.43. The van der Waals surface area contributed by atoms with E-state index in [-0.39, 0.29) is 11.1 Å². The summed E-state index contributed by atoms with van der Waals surface area (Å²) in [7, 11) is -2.00. The number of carbonyl (C=O) groups excluding carboxylic acids is 1. The van der Waals surface area contributed by atoms with E-state index in [1.54, 1.807) is 12.1 Å². The Balaban J connectivity index is 1.87. The monoisotopic (exact) mass is 568 g/mol. The number of unbranched alkanes of at least 4 members (excludes halogenated alkanes) is 2. The molecule has 0 amide bonds. The average molecular weight is 569 g/mol. The van der Waals surface area contributed by atoms with Crippen molar-refractivity contribution < 1.29 is 28.2 Å². The van der Waals surface area contributed by atoms with Crippen molar-refractivity contribution in [2.24, 2.45) is 0 Å². The van der Waals surface area contributed by atoms with Crippen molar-refractivity contribution in [3.8, 4) is 17.2 Å². The topological polar surface area (TPSA) is 63.2 Å². The number of fused-ring (bicyclic) bond motifs is 1. The van der Waals surface area contributed by atoms with Gasteiger partial charge in [-0.05, 0) is 61.7 Å². The van der Waals surface area contributed by atoms with Crippen LogP contribution in [0.2, 0.25) is 18.1 Å². The lowest BCUT2D eigenvalue weighted by atomic mass is 10.0. The number of hydrogen-bond acceptors (Lipinski definition) is 6. The van der Waals surface area contributed by atoms with Crippen molar-refractivity contribution >= 4 is 20.4 Å². The lowest BCUT2D eigenvalue weighted by molar-refractivity contribution is -0.180. The molecular weight excluding hydrogens is 520 g/mol. The molecule has 0 unspecified atom stereocenters. The first kappa shape index (κ1) is 31.9. The molecule has 0 fully saturated rings. The summed E-state index contributed by atoms with van der Waals surface area (Å²) in [6.45, 7) is 23.7. The zero-order valence-electron chi connectivity index (χ0n) is 25.9. The van der Waals surface area contributed by atoms with Crippen LogP contribution in [-0.2, 0) is 20.5 Å². The van der Waals surface area contributed by atoms with Gasteiger partial charge in [0.05, 0.1) is 13.2 Å². The molecule has 1 aliphatic rings. The highest BCUT2D eigenvalue weighted by molar-refractivity contribution is 6.74. The second kappa shape index (κ2) is 12.9. The molecule has 0 bridgehead atoms. The van der Waals surface area contributed by atoms with Gasteiger partial charge in [-0.3, -0.25) is 0 Å². The third-order valence-corrected chi connectivity index (χ3v) is 12.4. The zero-order valence-corrected chi connectivity index (χ0v) is 26.9. The van der Waals surface area contributed by atoms with Gasteiger partial charge in [-0.2, -0.15) is 0 Å². The van der Waals surface area contributed by atoms with E-state index in [0.717, 1.165) is 48.1 Å². The van der Waals surface area contributed by atoms with Gasteiger partial charge in [-0.15, -0.1) is 0 Å². The molecule has 1 heterocycles. The third-order valence-electron chi connectivity index (χ3n) is 7.90. The van der Waals surface area contributed by atoms with E-state index >= 15 is 0 Å². The van der Waals surface area contributed by atoms with Crippen molar-refractivity contribution in [1.29, 1.82) is 0 Å². The number of aryl methyl sites for hydroxylation is 1. The van der Waals surface area contributed by atoms with E-state index in [0.29, 0.717) is 30.3 Å². The summed E-state index contributed by atoms with van der Waals surface area (Å²) in [4.78, 5) is 13.7. The van der Waals surface area contributed by atoms with Gasteiger partial charge >= 0.3 is 5.97 Å². The Morgan fingerprint density at radius 3 is 2.52 bits per heavy atom. The lowest BCUT2D eigenvalue weighted by Gasteiger charge is -2.37. The molecule has 0 aromatic heterocycles. The molecule has 0 N–H and O–H groups in total. The number of rotatable bonds is 12. The predicted octanol–water partition coefficient (Wildman–Crippen LogP) is 9.20. The van der Waals surface area contributed by atoms with Gasteiger partial charge < -0.3 is 23.4 Å². The number of ether oxygens (including phenoxy) is 4. The van der Waals surface area contributed by atoms with Crippen LogP contribution in [-0.4, -0.2) is 32.8 Å². The standard InChI is InChI=1S/C33H48O6Si/c1-11-13-14-17-24(21-36-40(9,10)32(4,5)6)37-31(34)30-23(3)16-15-18-29(30)38-27-19-20-28-26(25(27)12-2)22-35-33(7,8)39-28/h12,15-16,18-20,24H,2,11,13-14,17,21-22H2,1,3-10H3/t24-/m0/s1. The minimum absolute atomic E-state index is 0.0750. The number of carbonyl (C=O) groups is 1. The second-order valence-corrected chi connectivity index (χ2v) is 17.4. The molecule has 40 heavy (non-hydrogen) atoms. The fourth-order valence-electron chi connectivity index (χ4n) is 4.35. The SMILES string of the molecule is C=Cc1c(Oc2cccc(C)c2C(=O)O[C@@H](CCCCC)CO[Si](C)(C)C(C)(C)C)ccc2c1COC(C)(C)O2. The maximum absolute atomic E-state index is 13.7. The minimum atomic E-state index is -2.00. The van der Waals surface area contributed by atoms with Crippen LogP contribution >= 0.6 is 0 Å². The van der Waals surface area contributed by atoms with Crippen LogP contribution in [0.3, 0.4) is 0 Å². The van der Waals surface area contributed by atoms with Gasteiger partial charge in [0.25, 0.3) is 0 Å². The van der Waals surface area contributed by atoms with Crippen molar-refractivity contribution in [3.63, 3.8) is 0 Å². The molecule has 3 rings (SSSR count). The Kier molecular flexibility index (Phi) is 10.3. The van der Waals surface area contributed by atoms with Crippen LogP contribution in [0, 0.1) is 6.92 Å². The maximum atomic E-state index is 13.7. The summed E-state index contributed by atoms with van der Waals surface area (Å²) in [5.41, 5.74) is 2.83. The highest BCUT2D eigenvalue weighted by Crippen LogP contribution is 2.41. The van der Waals surface area contributed by atoms with Crippen LogP contribution in [0.1, 0.15) is 94.3 Å². The first-order valence-corrected chi connectivity index (χ1v) is 17.3. The Labute approximate surface area is 242 Å². The first-order chi connectivity index (χ1) is 18.7. The highest BCUT2D eigenvalue weighted by Gasteiger charge is 2.38. The highest BCUT2D eigenvalue weighted by atomic mass is 28.4. The van der Waals surface area contributed by atoms with Gasteiger partial charge in [0.2, 0.25) is 5.79 Å². The Morgan fingerprint density at radius 2 is 1.88 bits per heavy atom. The van der Waals surface area contributed by atoms with Crippen LogP contribution < -0.4 is 9.47 Å². The molecule has 0 spiro atoms. The third kappa shape index (κ3) is 7.77. The summed E-state index contributed by atoms with van der Waals surface area (Å²) in [5, 5.41) is 0.0750. The summed E-state index contributed by atoms with van der Waals surface area (Å²) in [5.74, 6) is 0.632. The molecule has 0 saturated carbocycles. The molecule has 220 valence electrons. The van der Waals surface area contributed by atoms with Gasteiger partial charge in [-0.25, -0.2) is 4.79 Å². The molecule has 2 aromatic rings. The molecule has 6 nitrogen and oxygen atoms in total. The van der Waals surface area contributed by atoms with E-state index in [2.05, 4.69) is 47.4 Å². The molecular formula is C33H48O6Si. The van der Waals surface area contributed by atoms with Crippen LogP contribution in [0.25, 0.3) is 6.08 Å². The Bertz CT molecular complexity index is 1190. The van der Waals surface area contributed by atoms with Crippen molar-refractivity contribution in [2.45, 2.75) is 111 Å². The summed E-state index contributed by atoms with van der Waals surface area (Å²) >= 11 is 0. The molecule has 7 heteroatoms. The summed E-state index contributed by atoms with van der Waals surface area (Å²) in [6, 6.07) is 9.28. The van der Waals surface area contributed by atoms with Crippen molar-refractivity contribution in [3.05, 3.63) is 59.2 Å². The number of esters is 1. The van der Waals surface area contributed by atoms with Crippen LogP contribution in [0.5, 0.6) is 17.2 Å². The Hall–Kier alpha value is -2.61. The zero-order chi connectivity index (χ0) is 29.7. The van der Waals surface area contributed by atoms with Gasteiger partial charge in [0.15, 0.2) is 8.32 Å². The fourth-order valence-corrected chi connectivity index (χ4v) is 5.39. The van der Waals surface area contributed by atoms with Crippen LogP contribution in [0.4, 0.5) is 0 Å². The first-order valence-electron chi connectivity index (χ1n) is 14.4. The van der Waals surface area contributed by atoms with Crippen LogP contribution in [0.15, 0.2) is 36.9 Å². The summed E-state index contributed by atoms with van der Waals surface area (Å²) < 4.78 is 30.8. The molecule has 2 aromatic carbocycles. The van der Waals surface area contributed by atoms with Gasteiger partial charge in [0, 0.05) is 25.0 Å². The van der Waals surface area contributed by atoms with E-state index < -0.39 is 20.1 Å². The van der Waals surface area contributed by atoms with Crippen molar-refractivity contribution in [2.75, 3.05) is 6.61 Å². The van der Waals surface area contributed by atoms with Crippen molar-refractivity contribution in [1.82, 2.24) is 0 Å². The second-order valence-electron chi connectivity index (χ2n) is 12.6.